The summed E-state index contributed by atoms with van der Waals surface area (Å²) in [6, 6.07) is 16.2. The van der Waals surface area contributed by atoms with Crippen molar-refractivity contribution in [1.29, 1.82) is 0 Å². The molecule has 0 saturated heterocycles. The Balaban J connectivity index is 1.97. The summed E-state index contributed by atoms with van der Waals surface area (Å²) in [5.74, 6) is 1.82. The zero-order valence-electron chi connectivity index (χ0n) is 10.3. The molecule has 0 radical (unpaired) electrons. The summed E-state index contributed by atoms with van der Waals surface area (Å²) in [6.07, 6.45) is 0. The fourth-order valence-corrected chi connectivity index (χ4v) is 2.20. The maximum atomic E-state index is 5.65. The van der Waals surface area contributed by atoms with Gasteiger partial charge < -0.3 is 14.4 Å². The molecule has 92 valence electrons. The summed E-state index contributed by atoms with van der Waals surface area (Å²) in [6.45, 7) is 1.58. The normalized spacial score (nSPS) is 13.7. The average Bonchev–Trinajstić information content (AvgIpc) is 2.47. The first-order valence-corrected chi connectivity index (χ1v) is 6.02. The Kier molecular flexibility index (Phi) is 2.81. The lowest BCUT2D eigenvalue weighted by molar-refractivity contribution is 0.314. The SMILES string of the molecule is COc1ccc(N2CCOc3ccccc32)cc1. The Hall–Kier alpha value is -2.16. The van der Waals surface area contributed by atoms with Crippen LogP contribution in [0, 0.1) is 0 Å². The highest BCUT2D eigenvalue weighted by Crippen LogP contribution is 2.36. The van der Waals surface area contributed by atoms with Gasteiger partial charge in [-0.2, -0.15) is 0 Å². The van der Waals surface area contributed by atoms with Gasteiger partial charge in [0.25, 0.3) is 0 Å². The monoisotopic (exact) mass is 241 g/mol. The molecule has 0 spiro atoms. The number of methoxy groups -OCH3 is 1. The van der Waals surface area contributed by atoms with Crippen molar-refractivity contribution in [2.24, 2.45) is 0 Å². The van der Waals surface area contributed by atoms with Crippen LogP contribution in [0.2, 0.25) is 0 Å². The zero-order chi connectivity index (χ0) is 12.4. The third-order valence-electron chi connectivity index (χ3n) is 3.11. The lowest BCUT2D eigenvalue weighted by Crippen LogP contribution is -2.28. The van der Waals surface area contributed by atoms with Gasteiger partial charge >= 0.3 is 0 Å². The molecule has 1 aliphatic heterocycles. The number of para-hydroxylation sites is 2. The van der Waals surface area contributed by atoms with E-state index in [2.05, 4.69) is 23.1 Å². The van der Waals surface area contributed by atoms with Crippen LogP contribution in [-0.2, 0) is 0 Å². The molecule has 0 fully saturated rings. The second kappa shape index (κ2) is 4.61. The third kappa shape index (κ3) is 1.88. The van der Waals surface area contributed by atoms with Gasteiger partial charge in [-0.3, -0.25) is 0 Å². The highest BCUT2D eigenvalue weighted by Gasteiger charge is 2.18. The van der Waals surface area contributed by atoms with Gasteiger partial charge in [-0.25, -0.2) is 0 Å². The fourth-order valence-electron chi connectivity index (χ4n) is 2.20. The van der Waals surface area contributed by atoms with Gasteiger partial charge in [0.1, 0.15) is 18.1 Å². The summed E-state index contributed by atoms with van der Waals surface area (Å²) in [5, 5.41) is 0. The molecule has 3 rings (SSSR count). The van der Waals surface area contributed by atoms with Crippen molar-refractivity contribution in [2.75, 3.05) is 25.2 Å². The minimum atomic E-state index is 0.711. The van der Waals surface area contributed by atoms with Gasteiger partial charge in [0.15, 0.2) is 0 Å². The molecule has 3 nitrogen and oxygen atoms in total. The average molecular weight is 241 g/mol. The van der Waals surface area contributed by atoms with Crippen molar-refractivity contribution in [1.82, 2.24) is 0 Å². The molecule has 0 bridgehead atoms. The lowest BCUT2D eigenvalue weighted by atomic mass is 10.2. The molecule has 0 N–H and O–H groups in total. The molecule has 18 heavy (non-hydrogen) atoms. The minimum absolute atomic E-state index is 0.711. The number of benzene rings is 2. The number of anilines is 2. The van der Waals surface area contributed by atoms with E-state index >= 15 is 0 Å². The van der Waals surface area contributed by atoms with Crippen molar-refractivity contribution >= 4 is 11.4 Å². The molecule has 0 aliphatic carbocycles. The van der Waals surface area contributed by atoms with E-state index in [1.165, 1.54) is 0 Å². The fraction of sp³-hybridized carbons (Fsp3) is 0.200. The van der Waals surface area contributed by atoms with E-state index in [0.717, 1.165) is 29.4 Å². The Morgan fingerprint density at radius 2 is 1.83 bits per heavy atom. The molecule has 2 aromatic rings. The number of ether oxygens (including phenoxy) is 2. The second-order valence-electron chi connectivity index (χ2n) is 4.17. The molecular formula is C15H15NO2. The molecular weight excluding hydrogens is 226 g/mol. The van der Waals surface area contributed by atoms with E-state index in [1.807, 2.05) is 30.3 Å². The highest BCUT2D eigenvalue weighted by atomic mass is 16.5. The van der Waals surface area contributed by atoms with E-state index in [4.69, 9.17) is 9.47 Å². The lowest BCUT2D eigenvalue weighted by Gasteiger charge is -2.31. The number of nitrogens with zero attached hydrogens (tertiary/aromatic N) is 1. The third-order valence-corrected chi connectivity index (χ3v) is 3.11. The van der Waals surface area contributed by atoms with Gasteiger partial charge in [-0.1, -0.05) is 12.1 Å². The summed E-state index contributed by atoms with van der Waals surface area (Å²) < 4.78 is 10.8. The van der Waals surface area contributed by atoms with Gasteiger partial charge in [0.2, 0.25) is 0 Å². The summed E-state index contributed by atoms with van der Waals surface area (Å²) >= 11 is 0. The van der Waals surface area contributed by atoms with Crippen LogP contribution in [0.1, 0.15) is 0 Å². The smallest absolute Gasteiger partial charge is 0.143 e. The van der Waals surface area contributed by atoms with Crippen LogP contribution in [0.5, 0.6) is 11.5 Å². The van der Waals surface area contributed by atoms with E-state index in [-0.39, 0.29) is 0 Å². The van der Waals surface area contributed by atoms with Gasteiger partial charge in [-0.15, -0.1) is 0 Å². The number of hydrogen-bond donors (Lipinski definition) is 0. The standard InChI is InChI=1S/C15H15NO2/c1-17-13-8-6-12(7-9-13)16-10-11-18-15-5-3-2-4-14(15)16/h2-9H,10-11H2,1H3. The van der Waals surface area contributed by atoms with Crippen molar-refractivity contribution in [2.45, 2.75) is 0 Å². The summed E-state index contributed by atoms with van der Waals surface area (Å²) in [4.78, 5) is 2.26. The zero-order valence-corrected chi connectivity index (χ0v) is 10.3. The molecule has 1 aliphatic rings. The predicted octanol–water partition coefficient (Wildman–Crippen LogP) is 3.23. The van der Waals surface area contributed by atoms with Gasteiger partial charge in [0.05, 0.1) is 19.3 Å². The Labute approximate surface area is 107 Å². The largest absolute Gasteiger partial charge is 0.497 e. The van der Waals surface area contributed by atoms with E-state index in [9.17, 15) is 0 Å². The van der Waals surface area contributed by atoms with Crippen molar-refractivity contribution in [3.05, 3.63) is 48.5 Å². The molecule has 1 heterocycles. The molecule has 0 amide bonds. The van der Waals surface area contributed by atoms with Crippen molar-refractivity contribution in [3.8, 4) is 11.5 Å². The Bertz CT molecular complexity index is 536. The number of fused-ring (bicyclic) bond motifs is 1. The van der Waals surface area contributed by atoms with E-state index in [0.29, 0.717) is 6.61 Å². The molecule has 0 atom stereocenters. The van der Waals surface area contributed by atoms with Crippen molar-refractivity contribution in [3.63, 3.8) is 0 Å². The molecule has 2 aromatic carbocycles. The van der Waals surface area contributed by atoms with Crippen LogP contribution in [0.4, 0.5) is 11.4 Å². The Morgan fingerprint density at radius 1 is 1.06 bits per heavy atom. The van der Waals surface area contributed by atoms with Crippen LogP contribution >= 0.6 is 0 Å². The van der Waals surface area contributed by atoms with Crippen LogP contribution in [-0.4, -0.2) is 20.3 Å². The first-order valence-electron chi connectivity index (χ1n) is 6.02. The number of hydrogen-bond acceptors (Lipinski definition) is 3. The molecule has 3 heteroatoms. The minimum Gasteiger partial charge on any atom is -0.497 e. The van der Waals surface area contributed by atoms with Crippen LogP contribution in [0.15, 0.2) is 48.5 Å². The topological polar surface area (TPSA) is 21.7 Å². The Morgan fingerprint density at radius 3 is 2.61 bits per heavy atom. The predicted molar refractivity (Wildman–Crippen MR) is 71.9 cm³/mol. The molecule has 0 aromatic heterocycles. The first kappa shape index (κ1) is 11.0. The number of rotatable bonds is 2. The van der Waals surface area contributed by atoms with E-state index < -0.39 is 0 Å². The van der Waals surface area contributed by atoms with Crippen LogP contribution < -0.4 is 14.4 Å². The summed E-state index contributed by atoms with van der Waals surface area (Å²) in [7, 11) is 1.68. The first-order chi connectivity index (χ1) is 8.88. The summed E-state index contributed by atoms with van der Waals surface area (Å²) in [5.41, 5.74) is 2.28. The van der Waals surface area contributed by atoms with Gasteiger partial charge in [0, 0.05) is 5.69 Å². The van der Waals surface area contributed by atoms with Gasteiger partial charge in [-0.05, 0) is 36.4 Å². The van der Waals surface area contributed by atoms with E-state index in [1.54, 1.807) is 7.11 Å². The van der Waals surface area contributed by atoms with Crippen LogP contribution in [0.3, 0.4) is 0 Å². The molecule has 0 unspecified atom stereocenters. The maximum Gasteiger partial charge on any atom is 0.143 e. The maximum absolute atomic E-state index is 5.65. The van der Waals surface area contributed by atoms with Crippen LogP contribution in [0.25, 0.3) is 0 Å². The second-order valence-corrected chi connectivity index (χ2v) is 4.17. The highest BCUT2D eigenvalue weighted by molar-refractivity contribution is 5.70. The van der Waals surface area contributed by atoms with Crippen molar-refractivity contribution < 1.29 is 9.47 Å². The quantitative estimate of drug-likeness (QED) is 0.805. The molecule has 0 saturated carbocycles.